The van der Waals surface area contributed by atoms with Crippen LogP contribution in [-0.4, -0.2) is 54.4 Å². The van der Waals surface area contributed by atoms with Crippen molar-refractivity contribution in [2.45, 2.75) is 56.7 Å². The van der Waals surface area contributed by atoms with Gasteiger partial charge in [0.05, 0.1) is 20.6 Å². The van der Waals surface area contributed by atoms with E-state index in [0.717, 1.165) is 68.1 Å². The molecule has 2 fully saturated rings. The van der Waals surface area contributed by atoms with E-state index in [1.807, 2.05) is 12.2 Å². The summed E-state index contributed by atoms with van der Waals surface area (Å²) < 4.78 is 6.68. The second-order valence-corrected chi connectivity index (χ2v) is 8.04. The highest BCUT2D eigenvalue weighted by Gasteiger charge is 2.50. The molecular formula is C19H30NO3+. The van der Waals surface area contributed by atoms with E-state index < -0.39 is 11.6 Å². The maximum absolute atomic E-state index is 13.0. The van der Waals surface area contributed by atoms with Crippen molar-refractivity contribution in [1.82, 2.24) is 0 Å². The molecule has 1 saturated heterocycles. The molecule has 3 rings (SSSR count). The summed E-state index contributed by atoms with van der Waals surface area (Å²) in [6.45, 7) is 1.85. The van der Waals surface area contributed by atoms with Crippen LogP contribution in [0.25, 0.3) is 0 Å². The third-order valence-electron chi connectivity index (χ3n) is 5.72. The standard InChI is InChI=1S/C19H30NO3/c1-20(2)13-12-17(14-20)23-18(21)19(22,16-10-6-7-11-16)15-8-4-3-5-9-15/h4,8-9,16-17,22H,3,5-7,10-14H2,1-2H3/q+1. The Morgan fingerprint density at radius 1 is 1.26 bits per heavy atom. The first kappa shape index (κ1) is 16.7. The Morgan fingerprint density at radius 2 is 2.00 bits per heavy atom. The Bertz CT molecular complexity index is 517. The molecule has 0 radical (unpaired) electrons. The molecule has 0 aromatic heterocycles. The molecule has 2 aliphatic carbocycles. The van der Waals surface area contributed by atoms with Gasteiger partial charge in [0.15, 0.2) is 11.7 Å². The van der Waals surface area contributed by atoms with Crippen LogP contribution in [0.2, 0.25) is 0 Å². The number of likely N-dealkylation sites (N-methyl/N-ethyl adjacent to an activating group) is 1. The first-order valence-corrected chi connectivity index (χ1v) is 9.04. The predicted molar refractivity (Wildman–Crippen MR) is 89.7 cm³/mol. The maximum Gasteiger partial charge on any atom is 0.343 e. The monoisotopic (exact) mass is 320 g/mol. The van der Waals surface area contributed by atoms with Gasteiger partial charge in [-0.25, -0.2) is 4.79 Å². The van der Waals surface area contributed by atoms with Crippen molar-refractivity contribution in [3.63, 3.8) is 0 Å². The number of allylic oxidation sites excluding steroid dienone is 2. The van der Waals surface area contributed by atoms with Gasteiger partial charge >= 0.3 is 5.97 Å². The molecule has 128 valence electrons. The highest BCUT2D eigenvalue weighted by Crippen LogP contribution is 2.41. The lowest BCUT2D eigenvalue weighted by Gasteiger charge is -2.34. The molecule has 0 spiro atoms. The smallest absolute Gasteiger partial charge is 0.343 e. The number of rotatable bonds is 4. The van der Waals surface area contributed by atoms with E-state index >= 15 is 0 Å². The first-order valence-electron chi connectivity index (χ1n) is 9.04. The summed E-state index contributed by atoms with van der Waals surface area (Å²) in [7, 11) is 4.31. The van der Waals surface area contributed by atoms with Crippen molar-refractivity contribution < 1.29 is 19.1 Å². The van der Waals surface area contributed by atoms with Crippen LogP contribution in [0.4, 0.5) is 0 Å². The Kier molecular flexibility index (Phi) is 4.65. The third-order valence-corrected chi connectivity index (χ3v) is 5.72. The fourth-order valence-electron chi connectivity index (χ4n) is 4.32. The van der Waals surface area contributed by atoms with Gasteiger partial charge in [-0.05, 0) is 31.3 Å². The average molecular weight is 320 g/mol. The number of esters is 1. The third kappa shape index (κ3) is 3.38. The van der Waals surface area contributed by atoms with Gasteiger partial charge in [-0.1, -0.05) is 31.1 Å². The molecule has 4 heteroatoms. The quantitative estimate of drug-likeness (QED) is 0.640. The van der Waals surface area contributed by atoms with Gasteiger partial charge in [-0.15, -0.1) is 0 Å². The maximum atomic E-state index is 13.0. The van der Waals surface area contributed by atoms with Gasteiger partial charge in [0.2, 0.25) is 0 Å². The van der Waals surface area contributed by atoms with Crippen molar-refractivity contribution in [2.24, 2.45) is 5.92 Å². The molecule has 0 aromatic rings. The van der Waals surface area contributed by atoms with Crippen molar-refractivity contribution in [2.75, 3.05) is 27.2 Å². The van der Waals surface area contributed by atoms with Gasteiger partial charge in [-0.3, -0.25) is 0 Å². The normalized spacial score (nSPS) is 30.0. The molecule has 2 atom stereocenters. The van der Waals surface area contributed by atoms with E-state index in [1.165, 1.54) is 0 Å². The number of carbonyl (C=O) groups excluding carboxylic acids is 1. The van der Waals surface area contributed by atoms with E-state index in [9.17, 15) is 9.90 Å². The molecule has 0 aromatic carbocycles. The molecule has 1 saturated carbocycles. The molecule has 3 aliphatic rings. The van der Waals surface area contributed by atoms with Crippen LogP contribution < -0.4 is 0 Å². The van der Waals surface area contributed by atoms with Crippen LogP contribution in [-0.2, 0) is 9.53 Å². The van der Waals surface area contributed by atoms with Crippen LogP contribution in [0.3, 0.4) is 0 Å². The topological polar surface area (TPSA) is 46.5 Å². The van der Waals surface area contributed by atoms with Crippen LogP contribution in [0.5, 0.6) is 0 Å². The lowest BCUT2D eigenvalue weighted by Crippen LogP contribution is -2.49. The minimum absolute atomic E-state index is 0.00657. The number of ether oxygens (including phenoxy) is 1. The van der Waals surface area contributed by atoms with Gasteiger partial charge < -0.3 is 14.3 Å². The number of hydrogen-bond donors (Lipinski definition) is 1. The fourth-order valence-corrected chi connectivity index (χ4v) is 4.32. The van der Waals surface area contributed by atoms with Gasteiger partial charge in [0.25, 0.3) is 0 Å². The summed E-state index contributed by atoms with van der Waals surface area (Å²) >= 11 is 0. The molecule has 0 amide bonds. The first-order chi connectivity index (χ1) is 10.9. The number of quaternary nitrogens is 1. The minimum atomic E-state index is -1.45. The molecular weight excluding hydrogens is 290 g/mol. The van der Waals surface area contributed by atoms with Crippen molar-refractivity contribution >= 4 is 5.97 Å². The van der Waals surface area contributed by atoms with E-state index in [-0.39, 0.29) is 12.0 Å². The predicted octanol–water partition coefficient (Wildman–Crippen LogP) is 2.58. The molecule has 23 heavy (non-hydrogen) atoms. The Labute approximate surface area is 139 Å². The SMILES string of the molecule is C[N+]1(C)CCC(OC(=O)C(O)(C2=CCCC=C2)C2CCCC2)C1. The number of nitrogens with zero attached hydrogens (tertiary/aromatic N) is 1. The summed E-state index contributed by atoms with van der Waals surface area (Å²) in [6.07, 6.45) is 12.7. The van der Waals surface area contributed by atoms with E-state index in [0.29, 0.717) is 0 Å². The second kappa shape index (κ2) is 6.40. The van der Waals surface area contributed by atoms with Gasteiger partial charge in [0.1, 0.15) is 6.54 Å². The Balaban J connectivity index is 1.79. The Hall–Kier alpha value is -1.13. The van der Waals surface area contributed by atoms with Crippen LogP contribution in [0, 0.1) is 5.92 Å². The van der Waals surface area contributed by atoms with Crippen LogP contribution in [0.1, 0.15) is 44.9 Å². The van der Waals surface area contributed by atoms with Crippen LogP contribution >= 0.6 is 0 Å². The van der Waals surface area contributed by atoms with Gasteiger partial charge in [0, 0.05) is 12.3 Å². The van der Waals surface area contributed by atoms with Gasteiger partial charge in [-0.2, -0.15) is 0 Å². The van der Waals surface area contributed by atoms with Crippen molar-refractivity contribution in [3.05, 3.63) is 23.8 Å². The number of hydrogen-bond acceptors (Lipinski definition) is 3. The molecule has 1 heterocycles. The number of aliphatic hydroxyl groups is 1. The van der Waals surface area contributed by atoms with Crippen LogP contribution in [0.15, 0.2) is 23.8 Å². The highest BCUT2D eigenvalue weighted by molar-refractivity contribution is 5.85. The summed E-state index contributed by atoms with van der Waals surface area (Å²) in [4.78, 5) is 13.0. The lowest BCUT2D eigenvalue weighted by atomic mass is 9.78. The highest BCUT2D eigenvalue weighted by atomic mass is 16.6. The fraction of sp³-hybridized carbons (Fsp3) is 0.737. The summed E-state index contributed by atoms with van der Waals surface area (Å²) in [5.74, 6) is -0.429. The average Bonchev–Trinajstić information content (AvgIpc) is 3.17. The zero-order valence-corrected chi connectivity index (χ0v) is 14.5. The van der Waals surface area contributed by atoms with Crippen molar-refractivity contribution in [1.29, 1.82) is 0 Å². The van der Waals surface area contributed by atoms with E-state index in [4.69, 9.17) is 4.74 Å². The lowest BCUT2D eigenvalue weighted by molar-refractivity contribution is -0.879. The van der Waals surface area contributed by atoms with E-state index in [2.05, 4.69) is 20.2 Å². The number of likely N-dealkylation sites (tertiary alicyclic amines) is 1. The molecule has 1 aliphatic heterocycles. The largest absolute Gasteiger partial charge is 0.454 e. The van der Waals surface area contributed by atoms with Crippen molar-refractivity contribution in [3.8, 4) is 0 Å². The molecule has 4 nitrogen and oxygen atoms in total. The summed E-state index contributed by atoms with van der Waals surface area (Å²) in [5, 5.41) is 11.4. The summed E-state index contributed by atoms with van der Waals surface area (Å²) in [5.41, 5.74) is -0.694. The molecule has 2 unspecified atom stereocenters. The number of carbonyl (C=O) groups is 1. The molecule has 1 N–H and O–H groups in total. The second-order valence-electron chi connectivity index (χ2n) is 8.04. The summed E-state index contributed by atoms with van der Waals surface area (Å²) in [6, 6.07) is 0. The minimum Gasteiger partial charge on any atom is -0.454 e. The van der Waals surface area contributed by atoms with E-state index in [1.54, 1.807) is 0 Å². The Morgan fingerprint density at radius 3 is 2.57 bits per heavy atom. The zero-order chi connectivity index (χ0) is 16.5. The molecule has 0 bridgehead atoms. The zero-order valence-electron chi connectivity index (χ0n) is 14.5.